The van der Waals surface area contributed by atoms with Crippen LogP contribution in [0.5, 0.6) is 0 Å². The van der Waals surface area contributed by atoms with Crippen molar-refractivity contribution in [3.63, 3.8) is 0 Å². The predicted molar refractivity (Wildman–Crippen MR) is 91.5 cm³/mol. The molecule has 0 radical (unpaired) electrons. The lowest BCUT2D eigenvalue weighted by molar-refractivity contribution is -0.138. The topological polar surface area (TPSA) is 118 Å². The van der Waals surface area contributed by atoms with Gasteiger partial charge in [0, 0.05) is 0 Å². The summed E-state index contributed by atoms with van der Waals surface area (Å²) in [6.07, 6.45) is 0.385. The van der Waals surface area contributed by atoms with Crippen LogP contribution < -0.4 is 5.73 Å². The zero-order chi connectivity index (χ0) is 18.3. The van der Waals surface area contributed by atoms with Crippen LogP contribution in [0.1, 0.15) is 16.7 Å². The van der Waals surface area contributed by atoms with Crippen LogP contribution in [-0.2, 0) is 21.3 Å². The maximum Gasteiger partial charge on any atom is 0.320 e. The average molecular weight is 351 g/mol. The number of carbonyl (C=O) groups is 1. The first-order valence-electron chi connectivity index (χ1n) is 7.18. The van der Waals surface area contributed by atoms with Gasteiger partial charge >= 0.3 is 5.97 Å². The van der Waals surface area contributed by atoms with E-state index in [0.29, 0.717) is 12.0 Å². The fourth-order valence-corrected chi connectivity index (χ4v) is 2.75. The van der Waals surface area contributed by atoms with Gasteiger partial charge in [0.25, 0.3) is 10.1 Å². The minimum Gasteiger partial charge on any atom is -0.480 e. The summed E-state index contributed by atoms with van der Waals surface area (Å²) in [5, 5.41) is 8.52. The van der Waals surface area contributed by atoms with Crippen LogP contribution in [-0.4, -0.2) is 30.1 Å². The number of aliphatic carboxylic acids is 1. The number of rotatable bonds is 4. The van der Waals surface area contributed by atoms with Crippen LogP contribution in [0, 0.1) is 13.8 Å². The quantitative estimate of drug-likeness (QED) is 0.727. The number of hydrogen-bond donors (Lipinski definition) is 3. The third-order valence-corrected chi connectivity index (χ3v) is 4.23. The molecule has 0 spiro atoms. The first-order valence-corrected chi connectivity index (χ1v) is 8.62. The third-order valence-electron chi connectivity index (χ3n) is 3.24. The summed E-state index contributed by atoms with van der Waals surface area (Å²) in [5.74, 6) is -0.959. The molecule has 2 rings (SSSR count). The molecular weight excluding hydrogens is 330 g/mol. The van der Waals surface area contributed by atoms with Crippen molar-refractivity contribution in [3.8, 4) is 0 Å². The lowest BCUT2D eigenvalue weighted by atomic mass is 10.1. The summed E-state index contributed by atoms with van der Waals surface area (Å²) in [4.78, 5) is 10.4. The van der Waals surface area contributed by atoms with Crippen LogP contribution in [0.4, 0.5) is 0 Å². The molecule has 4 N–H and O–H groups in total. The van der Waals surface area contributed by atoms with Gasteiger partial charge in [-0.15, -0.1) is 0 Å². The molecule has 0 aliphatic rings. The second-order valence-electron chi connectivity index (χ2n) is 5.38. The van der Waals surface area contributed by atoms with E-state index in [4.69, 9.17) is 15.4 Å². The number of carboxylic acid groups (broad SMARTS) is 1. The molecule has 0 aliphatic carbocycles. The highest BCUT2D eigenvalue weighted by Gasteiger charge is 2.12. The molecule has 24 heavy (non-hydrogen) atoms. The van der Waals surface area contributed by atoms with Gasteiger partial charge in [-0.25, -0.2) is 0 Å². The summed E-state index contributed by atoms with van der Waals surface area (Å²) >= 11 is 0. The van der Waals surface area contributed by atoms with Crippen molar-refractivity contribution in [2.75, 3.05) is 0 Å². The van der Waals surface area contributed by atoms with Gasteiger partial charge in [0.1, 0.15) is 6.04 Å². The molecule has 2 aromatic rings. The highest BCUT2D eigenvalue weighted by Crippen LogP contribution is 2.15. The standard InChI is InChI=1S/C9H11NO2.C8H10O3S/c10-8(9(11)12)6-7-4-2-1-3-5-7;1-6-3-4-7(2)8(5-6)12(9,10)11/h1-5,8H,6,10H2,(H,11,12);3-5H,1-2H3,(H,9,10,11)/t8-;/m0./s1. The molecule has 1 atom stereocenters. The Labute approximate surface area is 141 Å². The van der Waals surface area contributed by atoms with Gasteiger partial charge < -0.3 is 10.8 Å². The third kappa shape index (κ3) is 6.49. The fraction of sp³-hybridized carbons (Fsp3) is 0.235. The normalized spacial score (nSPS) is 12.0. The van der Waals surface area contributed by atoms with Crippen molar-refractivity contribution in [2.24, 2.45) is 5.73 Å². The van der Waals surface area contributed by atoms with E-state index >= 15 is 0 Å². The van der Waals surface area contributed by atoms with E-state index in [1.54, 1.807) is 26.0 Å². The summed E-state index contributed by atoms with van der Waals surface area (Å²) in [7, 11) is -4.06. The fourth-order valence-electron chi connectivity index (χ4n) is 1.94. The molecule has 0 saturated carbocycles. The number of nitrogens with two attached hydrogens (primary N) is 1. The molecule has 0 heterocycles. The van der Waals surface area contributed by atoms with Gasteiger partial charge in [-0.1, -0.05) is 42.5 Å². The summed E-state index contributed by atoms with van der Waals surface area (Å²) in [6.45, 7) is 3.41. The summed E-state index contributed by atoms with van der Waals surface area (Å²) < 4.78 is 30.3. The van der Waals surface area contributed by atoms with Crippen molar-refractivity contribution < 1.29 is 22.9 Å². The lowest BCUT2D eigenvalue weighted by Crippen LogP contribution is -2.32. The minimum absolute atomic E-state index is 0.0116. The molecule has 2 aromatic carbocycles. The van der Waals surface area contributed by atoms with E-state index < -0.39 is 22.1 Å². The first-order chi connectivity index (χ1) is 11.1. The van der Waals surface area contributed by atoms with Gasteiger partial charge in [0.05, 0.1) is 4.90 Å². The molecule has 7 heteroatoms. The zero-order valence-corrected chi connectivity index (χ0v) is 14.3. The summed E-state index contributed by atoms with van der Waals surface area (Å²) in [6, 6.07) is 13.5. The number of carboxylic acids is 1. The molecule has 0 aromatic heterocycles. The molecule has 6 nitrogen and oxygen atoms in total. The maximum absolute atomic E-state index is 10.8. The number of aryl methyl sites for hydroxylation is 2. The molecule has 0 amide bonds. The van der Waals surface area contributed by atoms with Crippen molar-refractivity contribution in [2.45, 2.75) is 31.2 Å². The lowest BCUT2D eigenvalue weighted by Gasteiger charge is -2.04. The van der Waals surface area contributed by atoms with Gasteiger partial charge in [0.2, 0.25) is 0 Å². The van der Waals surface area contributed by atoms with Crippen molar-refractivity contribution in [3.05, 3.63) is 65.2 Å². The van der Waals surface area contributed by atoms with Crippen LogP contribution in [0.3, 0.4) is 0 Å². The highest BCUT2D eigenvalue weighted by atomic mass is 32.2. The van der Waals surface area contributed by atoms with Crippen LogP contribution in [0.2, 0.25) is 0 Å². The van der Waals surface area contributed by atoms with Gasteiger partial charge in [-0.2, -0.15) is 8.42 Å². The van der Waals surface area contributed by atoms with E-state index in [2.05, 4.69) is 0 Å². The minimum atomic E-state index is -4.06. The first kappa shape index (κ1) is 19.8. The van der Waals surface area contributed by atoms with E-state index in [1.165, 1.54) is 6.07 Å². The number of benzene rings is 2. The summed E-state index contributed by atoms with van der Waals surface area (Å²) in [5.41, 5.74) is 7.67. The molecule has 130 valence electrons. The Morgan fingerprint density at radius 3 is 2.17 bits per heavy atom. The van der Waals surface area contributed by atoms with E-state index in [-0.39, 0.29) is 4.90 Å². The van der Waals surface area contributed by atoms with Gasteiger partial charge in [0.15, 0.2) is 0 Å². The molecule has 0 aliphatic heterocycles. The Balaban J connectivity index is 0.000000240. The molecule has 0 bridgehead atoms. The van der Waals surface area contributed by atoms with Crippen molar-refractivity contribution in [1.82, 2.24) is 0 Å². The van der Waals surface area contributed by atoms with E-state index in [0.717, 1.165) is 11.1 Å². The predicted octanol–water partition coefficient (Wildman–Crippen LogP) is 2.19. The van der Waals surface area contributed by atoms with Crippen LogP contribution >= 0.6 is 0 Å². The smallest absolute Gasteiger partial charge is 0.320 e. The monoisotopic (exact) mass is 351 g/mol. The Hall–Kier alpha value is -2.22. The number of hydrogen-bond acceptors (Lipinski definition) is 4. The van der Waals surface area contributed by atoms with Crippen molar-refractivity contribution in [1.29, 1.82) is 0 Å². The molecule has 0 fully saturated rings. The Morgan fingerprint density at radius 1 is 1.12 bits per heavy atom. The maximum atomic E-state index is 10.8. The average Bonchev–Trinajstić information content (AvgIpc) is 2.50. The van der Waals surface area contributed by atoms with Gasteiger partial charge in [-0.05, 0) is 43.0 Å². The van der Waals surface area contributed by atoms with E-state index in [1.807, 2.05) is 30.3 Å². The van der Waals surface area contributed by atoms with Crippen LogP contribution in [0.15, 0.2) is 53.4 Å². The molecular formula is C17H21NO5S. The largest absolute Gasteiger partial charge is 0.480 e. The second-order valence-corrected chi connectivity index (χ2v) is 6.77. The zero-order valence-electron chi connectivity index (χ0n) is 13.5. The highest BCUT2D eigenvalue weighted by molar-refractivity contribution is 7.85. The second kappa shape index (κ2) is 8.58. The van der Waals surface area contributed by atoms with Crippen LogP contribution in [0.25, 0.3) is 0 Å². The van der Waals surface area contributed by atoms with Gasteiger partial charge in [-0.3, -0.25) is 9.35 Å². The molecule has 0 unspecified atom stereocenters. The molecule has 0 saturated heterocycles. The SMILES string of the molecule is Cc1ccc(C)c(S(=O)(=O)O)c1.N[C@@H](Cc1ccccc1)C(=O)O. The van der Waals surface area contributed by atoms with E-state index in [9.17, 15) is 13.2 Å². The van der Waals surface area contributed by atoms with Crippen molar-refractivity contribution >= 4 is 16.1 Å². The Morgan fingerprint density at radius 2 is 1.71 bits per heavy atom. The Bertz CT molecular complexity index is 788. The Kier molecular flexibility index (Phi) is 7.09.